The highest BCUT2D eigenvalue weighted by Crippen LogP contribution is 2.25. The summed E-state index contributed by atoms with van der Waals surface area (Å²) in [7, 11) is -3.65. The van der Waals surface area contributed by atoms with Gasteiger partial charge in [0.25, 0.3) is 5.91 Å². The zero-order valence-electron chi connectivity index (χ0n) is 18.7. The molecule has 1 aliphatic rings. The van der Waals surface area contributed by atoms with Crippen LogP contribution in [0.3, 0.4) is 0 Å². The van der Waals surface area contributed by atoms with Crippen LogP contribution < -0.4 is 5.32 Å². The molecule has 1 amide bonds. The Kier molecular flexibility index (Phi) is 7.23. The van der Waals surface area contributed by atoms with E-state index in [1.54, 1.807) is 24.3 Å². The van der Waals surface area contributed by atoms with Gasteiger partial charge in [-0.05, 0) is 54.7 Å². The van der Waals surface area contributed by atoms with Crippen molar-refractivity contribution in [3.05, 3.63) is 95.1 Å². The lowest BCUT2D eigenvalue weighted by Gasteiger charge is -2.26. The Morgan fingerprint density at radius 2 is 1.64 bits per heavy atom. The first-order valence-corrected chi connectivity index (χ1v) is 12.5. The third-order valence-electron chi connectivity index (χ3n) is 5.85. The van der Waals surface area contributed by atoms with E-state index in [9.17, 15) is 13.2 Å². The van der Waals surface area contributed by atoms with Crippen molar-refractivity contribution in [3.8, 4) is 0 Å². The minimum atomic E-state index is -3.65. The van der Waals surface area contributed by atoms with E-state index in [1.807, 2.05) is 43.3 Å². The topological polar surface area (TPSA) is 75.7 Å². The van der Waals surface area contributed by atoms with Crippen LogP contribution in [0.2, 0.25) is 0 Å². The van der Waals surface area contributed by atoms with Crippen LogP contribution in [-0.4, -0.2) is 44.9 Å². The summed E-state index contributed by atoms with van der Waals surface area (Å²) in [5.41, 5.74) is 4.05. The number of benzene rings is 3. The van der Waals surface area contributed by atoms with Gasteiger partial charge in [-0.2, -0.15) is 4.31 Å². The first-order chi connectivity index (χ1) is 15.9. The second kappa shape index (κ2) is 10.3. The zero-order chi connectivity index (χ0) is 23.3. The van der Waals surface area contributed by atoms with Crippen LogP contribution in [0.4, 0.5) is 5.69 Å². The Labute approximate surface area is 195 Å². The summed E-state index contributed by atoms with van der Waals surface area (Å²) in [6.07, 6.45) is 1.56. The van der Waals surface area contributed by atoms with Gasteiger partial charge >= 0.3 is 0 Å². The van der Waals surface area contributed by atoms with E-state index >= 15 is 0 Å². The number of hydrogen-bond acceptors (Lipinski definition) is 4. The number of rotatable bonds is 7. The molecule has 0 bridgehead atoms. The second-order valence-corrected chi connectivity index (χ2v) is 10.0. The number of nitrogens with zero attached hydrogens (tertiary/aromatic N) is 1. The summed E-state index contributed by atoms with van der Waals surface area (Å²) >= 11 is 0. The number of aryl methyl sites for hydroxylation is 3. The average Bonchev–Trinajstić information content (AvgIpc) is 2.85. The van der Waals surface area contributed by atoms with E-state index in [2.05, 4.69) is 17.4 Å². The number of carbonyl (C=O) groups is 1. The van der Waals surface area contributed by atoms with Gasteiger partial charge in [-0.25, -0.2) is 8.42 Å². The monoisotopic (exact) mass is 464 g/mol. The molecule has 0 saturated carbocycles. The van der Waals surface area contributed by atoms with E-state index in [-0.39, 0.29) is 10.8 Å². The number of hydrogen-bond donors (Lipinski definition) is 1. The highest BCUT2D eigenvalue weighted by molar-refractivity contribution is 7.89. The maximum Gasteiger partial charge on any atom is 0.255 e. The van der Waals surface area contributed by atoms with Gasteiger partial charge < -0.3 is 10.1 Å². The Hall–Kier alpha value is -3.00. The SMILES string of the molecule is Cc1ccc(S(=O)(=O)N2CCOCC2)cc1NC(=O)c1ccccc1CCc1ccccc1. The van der Waals surface area contributed by atoms with Crippen molar-refractivity contribution in [1.82, 2.24) is 4.31 Å². The molecule has 6 nitrogen and oxygen atoms in total. The van der Waals surface area contributed by atoms with E-state index in [4.69, 9.17) is 4.74 Å². The highest BCUT2D eigenvalue weighted by atomic mass is 32.2. The maximum absolute atomic E-state index is 13.2. The van der Waals surface area contributed by atoms with Crippen molar-refractivity contribution >= 4 is 21.6 Å². The van der Waals surface area contributed by atoms with Gasteiger partial charge in [0.05, 0.1) is 18.1 Å². The van der Waals surface area contributed by atoms with Crippen LogP contribution in [0.1, 0.15) is 27.0 Å². The second-order valence-electron chi connectivity index (χ2n) is 8.09. The van der Waals surface area contributed by atoms with Crippen molar-refractivity contribution in [2.45, 2.75) is 24.7 Å². The molecule has 1 saturated heterocycles. The number of sulfonamides is 1. The minimum absolute atomic E-state index is 0.169. The zero-order valence-corrected chi connectivity index (χ0v) is 19.5. The summed E-state index contributed by atoms with van der Waals surface area (Å²) < 4.78 is 32.8. The third-order valence-corrected chi connectivity index (χ3v) is 7.75. The van der Waals surface area contributed by atoms with E-state index in [0.717, 1.165) is 24.0 Å². The van der Waals surface area contributed by atoms with Crippen LogP contribution in [0.5, 0.6) is 0 Å². The highest BCUT2D eigenvalue weighted by Gasteiger charge is 2.27. The van der Waals surface area contributed by atoms with Gasteiger partial charge in [0, 0.05) is 24.3 Å². The molecule has 0 radical (unpaired) electrons. The lowest BCUT2D eigenvalue weighted by molar-refractivity contribution is 0.0730. The molecule has 3 aromatic rings. The van der Waals surface area contributed by atoms with Crippen molar-refractivity contribution in [3.63, 3.8) is 0 Å². The first-order valence-electron chi connectivity index (χ1n) is 11.1. The van der Waals surface area contributed by atoms with Crippen LogP contribution in [0.25, 0.3) is 0 Å². The molecule has 0 aliphatic carbocycles. The van der Waals surface area contributed by atoms with Gasteiger partial charge in [0.2, 0.25) is 10.0 Å². The first kappa shape index (κ1) is 23.2. The van der Waals surface area contributed by atoms with Crippen molar-refractivity contribution in [2.75, 3.05) is 31.6 Å². The number of anilines is 1. The molecule has 1 aliphatic heterocycles. The van der Waals surface area contributed by atoms with Crippen LogP contribution in [0, 0.1) is 6.92 Å². The molecule has 7 heteroatoms. The van der Waals surface area contributed by atoms with Gasteiger partial charge in [0.1, 0.15) is 0 Å². The smallest absolute Gasteiger partial charge is 0.255 e. The fraction of sp³-hybridized carbons (Fsp3) is 0.269. The molecule has 0 atom stereocenters. The van der Waals surface area contributed by atoms with Crippen LogP contribution in [-0.2, 0) is 27.6 Å². The molecular formula is C26H28N2O4S. The number of ether oxygens (including phenoxy) is 1. The van der Waals surface area contributed by atoms with Crippen LogP contribution in [0.15, 0.2) is 77.7 Å². The lowest BCUT2D eigenvalue weighted by Crippen LogP contribution is -2.40. The number of morpholine rings is 1. The summed E-state index contributed by atoms with van der Waals surface area (Å²) in [6.45, 7) is 3.27. The van der Waals surface area contributed by atoms with Gasteiger partial charge in [-0.3, -0.25) is 4.79 Å². The predicted octanol–water partition coefficient (Wildman–Crippen LogP) is 4.05. The Balaban J connectivity index is 1.54. The third kappa shape index (κ3) is 5.50. The van der Waals surface area contributed by atoms with E-state index in [1.165, 1.54) is 9.87 Å². The normalized spacial score (nSPS) is 14.7. The molecule has 0 spiro atoms. The Morgan fingerprint density at radius 3 is 2.39 bits per heavy atom. The Morgan fingerprint density at radius 1 is 0.939 bits per heavy atom. The standard InChI is InChI=1S/C26H28N2O4S/c1-20-11-14-23(33(30,31)28-15-17-32-18-16-28)19-25(20)27-26(29)24-10-6-5-9-22(24)13-12-21-7-3-2-4-8-21/h2-11,14,19H,12-13,15-18H2,1H3,(H,27,29). The molecular weight excluding hydrogens is 436 g/mol. The van der Waals surface area contributed by atoms with Crippen molar-refractivity contribution in [1.29, 1.82) is 0 Å². The number of nitrogens with one attached hydrogen (secondary N) is 1. The maximum atomic E-state index is 13.2. The molecule has 1 fully saturated rings. The van der Waals surface area contributed by atoms with Gasteiger partial charge in [-0.15, -0.1) is 0 Å². The summed E-state index contributed by atoms with van der Waals surface area (Å²) in [5, 5.41) is 2.93. The largest absolute Gasteiger partial charge is 0.379 e. The van der Waals surface area contributed by atoms with E-state index < -0.39 is 10.0 Å². The summed E-state index contributed by atoms with van der Waals surface area (Å²) in [4.78, 5) is 13.3. The predicted molar refractivity (Wildman–Crippen MR) is 129 cm³/mol. The fourth-order valence-corrected chi connectivity index (χ4v) is 5.34. The molecule has 33 heavy (non-hydrogen) atoms. The van der Waals surface area contributed by atoms with Crippen molar-refractivity contribution in [2.24, 2.45) is 0 Å². The minimum Gasteiger partial charge on any atom is -0.379 e. The number of carbonyl (C=O) groups excluding carboxylic acids is 1. The molecule has 1 heterocycles. The summed E-state index contributed by atoms with van der Waals surface area (Å²) in [6, 6.07) is 22.6. The van der Waals surface area contributed by atoms with Gasteiger partial charge in [-0.1, -0.05) is 54.6 Å². The summed E-state index contributed by atoms with van der Waals surface area (Å²) in [5.74, 6) is -0.248. The molecule has 3 aromatic carbocycles. The van der Waals surface area contributed by atoms with Crippen LogP contribution >= 0.6 is 0 Å². The molecule has 0 unspecified atom stereocenters. The van der Waals surface area contributed by atoms with Crippen molar-refractivity contribution < 1.29 is 17.9 Å². The fourth-order valence-electron chi connectivity index (χ4n) is 3.91. The molecule has 0 aromatic heterocycles. The quantitative estimate of drug-likeness (QED) is 0.572. The molecule has 172 valence electrons. The molecule has 1 N–H and O–H groups in total. The Bertz CT molecular complexity index is 1220. The number of amides is 1. The van der Waals surface area contributed by atoms with E-state index in [0.29, 0.717) is 37.6 Å². The van der Waals surface area contributed by atoms with Gasteiger partial charge in [0.15, 0.2) is 0 Å². The molecule has 4 rings (SSSR count). The lowest BCUT2D eigenvalue weighted by atomic mass is 9.99. The average molecular weight is 465 g/mol.